The molecule has 7 nitrogen and oxygen atoms in total. The van der Waals surface area contributed by atoms with Gasteiger partial charge < -0.3 is 10.4 Å². The summed E-state index contributed by atoms with van der Waals surface area (Å²) >= 11 is 0. The van der Waals surface area contributed by atoms with Gasteiger partial charge in [0.05, 0.1) is 10.6 Å². The molecule has 122 valence electrons. The molecule has 0 aliphatic heterocycles. The van der Waals surface area contributed by atoms with Crippen LogP contribution in [0.15, 0.2) is 30.5 Å². The number of aryl methyl sites for hydroxylation is 1. The maximum absolute atomic E-state index is 10.7. The zero-order valence-electron chi connectivity index (χ0n) is 13.0. The van der Waals surface area contributed by atoms with Crippen molar-refractivity contribution >= 4 is 5.69 Å². The standard InChI is InChI=1S/C16H20N4O3/c1-19-9-13(8-17-10-16(11-21)6-7-16)15(18-19)12-2-4-14(5-3-12)20(22)23/h2-5,9,17,21H,6-8,10-11H2,1H3. The third kappa shape index (κ3) is 3.40. The van der Waals surface area contributed by atoms with Crippen LogP contribution in [0.5, 0.6) is 0 Å². The van der Waals surface area contributed by atoms with Gasteiger partial charge in [0.2, 0.25) is 0 Å². The van der Waals surface area contributed by atoms with Crippen LogP contribution in [0.4, 0.5) is 5.69 Å². The van der Waals surface area contributed by atoms with Crippen molar-refractivity contribution < 1.29 is 10.0 Å². The minimum absolute atomic E-state index is 0.0652. The number of benzene rings is 1. The fourth-order valence-corrected chi connectivity index (χ4v) is 2.68. The molecule has 1 saturated carbocycles. The summed E-state index contributed by atoms with van der Waals surface area (Å²) in [4.78, 5) is 10.3. The lowest BCUT2D eigenvalue weighted by Gasteiger charge is -2.12. The summed E-state index contributed by atoms with van der Waals surface area (Å²) in [6.07, 6.45) is 4.08. The van der Waals surface area contributed by atoms with Crippen molar-refractivity contribution in [2.45, 2.75) is 19.4 Å². The molecule has 1 fully saturated rings. The van der Waals surface area contributed by atoms with E-state index >= 15 is 0 Å². The highest BCUT2D eigenvalue weighted by atomic mass is 16.6. The number of rotatable bonds is 7. The van der Waals surface area contributed by atoms with Crippen molar-refractivity contribution in [1.29, 1.82) is 0 Å². The highest BCUT2D eigenvalue weighted by molar-refractivity contribution is 5.64. The molecule has 1 aromatic heterocycles. The van der Waals surface area contributed by atoms with Gasteiger partial charge in [-0.25, -0.2) is 0 Å². The number of aliphatic hydroxyl groups excluding tert-OH is 1. The molecule has 1 aliphatic carbocycles. The molecule has 1 aromatic carbocycles. The number of nitrogens with one attached hydrogen (secondary N) is 1. The Morgan fingerprint density at radius 1 is 1.39 bits per heavy atom. The van der Waals surface area contributed by atoms with E-state index in [1.165, 1.54) is 12.1 Å². The number of nitrogens with zero attached hydrogens (tertiary/aromatic N) is 3. The SMILES string of the molecule is Cn1cc(CNCC2(CO)CC2)c(-c2ccc([N+](=O)[O-])cc2)n1. The number of aromatic nitrogens is 2. The first kappa shape index (κ1) is 15.6. The fraction of sp³-hybridized carbons (Fsp3) is 0.438. The number of hydrogen-bond donors (Lipinski definition) is 2. The molecule has 0 unspecified atom stereocenters. The molecular weight excluding hydrogens is 296 g/mol. The van der Waals surface area contributed by atoms with E-state index in [9.17, 15) is 15.2 Å². The monoisotopic (exact) mass is 316 g/mol. The quantitative estimate of drug-likeness (QED) is 0.601. The second-order valence-electron chi connectivity index (χ2n) is 6.24. The van der Waals surface area contributed by atoms with Crippen molar-refractivity contribution in [3.05, 3.63) is 46.1 Å². The maximum atomic E-state index is 10.7. The predicted molar refractivity (Wildman–Crippen MR) is 85.8 cm³/mol. The summed E-state index contributed by atoms with van der Waals surface area (Å²) in [5, 5.41) is 27.9. The third-order valence-electron chi connectivity index (χ3n) is 4.36. The normalized spacial score (nSPS) is 15.6. The van der Waals surface area contributed by atoms with Crippen LogP contribution in [-0.2, 0) is 13.6 Å². The number of nitro groups is 1. The molecular formula is C16H20N4O3. The molecule has 0 amide bonds. The Hall–Kier alpha value is -2.25. The lowest BCUT2D eigenvalue weighted by Crippen LogP contribution is -2.26. The Labute approximate surface area is 134 Å². The van der Waals surface area contributed by atoms with E-state index in [0.29, 0.717) is 6.54 Å². The molecule has 3 rings (SSSR count). The second-order valence-corrected chi connectivity index (χ2v) is 6.24. The molecule has 7 heteroatoms. The highest BCUT2D eigenvalue weighted by Gasteiger charge is 2.41. The largest absolute Gasteiger partial charge is 0.396 e. The van der Waals surface area contributed by atoms with Crippen molar-refractivity contribution in [2.24, 2.45) is 12.5 Å². The number of aliphatic hydroxyl groups is 1. The van der Waals surface area contributed by atoms with Crippen LogP contribution in [0.3, 0.4) is 0 Å². The summed E-state index contributed by atoms with van der Waals surface area (Å²) in [6, 6.07) is 6.43. The van der Waals surface area contributed by atoms with Gasteiger partial charge in [-0.3, -0.25) is 14.8 Å². The predicted octanol–water partition coefficient (Wildman–Crippen LogP) is 1.86. The van der Waals surface area contributed by atoms with Gasteiger partial charge in [-0.15, -0.1) is 0 Å². The number of non-ortho nitro benzene ring substituents is 1. The van der Waals surface area contributed by atoms with Crippen molar-refractivity contribution in [1.82, 2.24) is 15.1 Å². The summed E-state index contributed by atoms with van der Waals surface area (Å²) in [6.45, 7) is 1.67. The molecule has 1 heterocycles. The number of nitro benzene ring substituents is 1. The van der Waals surface area contributed by atoms with Crippen LogP contribution >= 0.6 is 0 Å². The second kappa shape index (κ2) is 6.10. The van der Waals surface area contributed by atoms with Crippen LogP contribution in [0.25, 0.3) is 11.3 Å². The molecule has 0 saturated heterocycles. The zero-order chi connectivity index (χ0) is 16.4. The van der Waals surface area contributed by atoms with Gasteiger partial charge in [0, 0.05) is 61.6 Å². The Morgan fingerprint density at radius 2 is 2.09 bits per heavy atom. The zero-order valence-corrected chi connectivity index (χ0v) is 13.0. The summed E-state index contributed by atoms with van der Waals surface area (Å²) < 4.78 is 1.74. The first-order valence-corrected chi connectivity index (χ1v) is 7.62. The van der Waals surface area contributed by atoms with Crippen LogP contribution in [-0.4, -0.2) is 33.0 Å². The fourth-order valence-electron chi connectivity index (χ4n) is 2.68. The summed E-state index contributed by atoms with van der Waals surface area (Å²) in [5.41, 5.74) is 2.86. The molecule has 2 N–H and O–H groups in total. The maximum Gasteiger partial charge on any atom is 0.269 e. The minimum atomic E-state index is -0.408. The van der Waals surface area contributed by atoms with Gasteiger partial charge >= 0.3 is 0 Å². The molecule has 0 atom stereocenters. The van der Waals surface area contributed by atoms with Gasteiger partial charge in [0.1, 0.15) is 0 Å². The third-order valence-corrected chi connectivity index (χ3v) is 4.36. The van der Waals surface area contributed by atoms with E-state index in [-0.39, 0.29) is 17.7 Å². The lowest BCUT2D eigenvalue weighted by atomic mass is 10.1. The smallest absolute Gasteiger partial charge is 0.269 e. The topological polar surface area (TPSA) is 93.2 Å². The van der Waals surface area contributed by atoms with Gasteiger partial charge in [-0.2, -0.15) is 5.10 Å². The van der Waals surface area contributed by atoms with E-state index in [2.05, 4.69) is 10.4 Å². The van der Waals surface area contributed by atoms with E-state index in [1.54, 1.807) is 16.8 Å². The highest BCUT2D eigenvalue weighted by Crippen LogP contribution is 2.44. The average Bonchev–Trinajstić information content (AvgIpc) is 3.23. The Balaban J connectivity index is 1.73. The van der Waals surface area contributed by atoms with Crippen LogP contribution in [0, 0.1) is 15.5 Å². The number of hydrogen-bond acceptors (Lipinski definition) is 5. The van der Waals surface area contributed by atoms with E-state index in [1.807, 2.05) is 13.2 Å². The Bertz CT molecular complexity index is 705. The van der Waals surface area contributed by atoms with E-state index < -0.39 is 4.92 Å². The first-order chi connectivity index (χ1) is 11.0. The molecule has 0 bridgehead atoms. The van der Waals surface area contributed by atoms with Crippen molar-refractivity contribution in [2.75, 3.05) is 13.2 Å². The average molecular weight is 316 g/mol. The van der Waals surface area contributed by atoms with E-state index in [0.717, 1.165) is 36.2 Å². The molecule has 0 spiro atoms. The molecule has 1 aliphatic rings. The summed E-state index contributed by atoms with van der Waals surface area (Å²) in [7, 11) is 1.86. The van der Waals surface area contributed by atoms with Crippen LogP contribution < -0.4 is 5.32 Å². The van der Waals surface area contributed by atoms with E-state index in [4.69, 9.17) is 0 Å². The van der Waals surface area contributed by atoms with Crippen molar-refractivity contribution in [3.8, 4) is 11.3 Å². The van der Waals surface area contributed by atoms with Gasteiger partial charge in [0.25, 0.3) is 5.69 Å². The van der Waals surface area contributed by atoms with Crippen molar-refractivity contribution in [3.63, 3.8) is 0 Å². The van der Waals surface area contributed by atoms with Gasteiger partial charge in [-0.1, -0.05) is 0 Å². The van der Waals surface area contributed by atoms with Gasteiger partial charge in [0.15, 0.2) is 0 Å². The Kier molecular flexibility index (Phi) is 4.14. The van der Waals surface area contributed by atoms with Gasteiger partial charge in [-0.05, 0) is 25.0 Å². The Morgan fingerprint density at radius 3 is 2.65 bits per heavy atom. The van der Waals surface area contributed by atoms with Crippen LogP contribution in [0.2, 0.25) is 0 Å². The molecule has 23 heavy (non-hydrogen) atoms. The first-order valence-electron chi connectivity index (χ1n) is 7.62. The minimum Gasteiger partial charge on any atom is -0.396 e. The lowest BCUT2D eigenvalue weighted by molar-refractivity contribution is -0.384. The summed E-state index contributed by atoms with van der Waals surface area (Å²) in [5.74, 6) is 0. The molecule has 0 radical (unpaired) electrons. The molecule has 2 aromatic rings. The van der Waals surface area contributed by atoms with Crippen LogP contribution in [0.1, 0.15) is 18.4 Å².